The fourth-order valence-corrected chi connectivity index (χ4v) is 5.99. The van der Waals surface area contributed by atoms with Gasteiger partial charge >= 0.3 is 0 Å². The Morgan fingerprint density at radius 3 is 2.35 bits per heavy atom. The minimum atomic E-state index is -1.93. The number of aromatic nitrogens is 1. The normalized spacial score (nSPS) is 21.7. The number of halogens is 1. The van der Waals surface area contributed by atoms with Crippen LogP contribution in [-0.4, -0.2) is 63.1 Å². The number of aryl methyl sites for hydroxylation is 1. The van der Waals surface area contributed by atoms with E-state index in [0.29, 0.717) is 6.42 Å². The predicted octanol–water partition coefficient (Wildman–Crippen LogP) is 4.32. The van der Waals surface area contributed by atoms with E-state index in [1.165, 1.54) is 4.90 Å². The number of rotatable bonds is 9. The SMILES string of the molecule is Cc1ncsc1-c1ccc([C@H](CC(C)C)NC(=O)C2C[C@@H](O)CN2C(=O)[C@@H](NC(=O)C2(F)CC2)C(C)(C)C)cc1. The zero-order chi connectivity index (χ0) is 29.4. The molecule has 2 fully saturated rings. The maximum Gasteiger partial charge on any atom is 0.258 e. The van der Waals surface area contributed by atoms with Crippen molar-refractivity contribution in [1.29, 1.82) is 0 Å². The Morgan fingerprint density at radius 1 is 1.18 bits per heavy atom. The number of nitrogens with zero attached hydrogens (tertiary/aromatic N) is 2. The van der Waals surface area contributed by atoms with Crippen LogP contribution in [0.15, 0.2) is 29.8 Å². The van der Waals surface area contributed by atoms with Crippen LogP contribution in [0.3, 0.4) is 0 Å². The number of carbonyl (C=O) groups excluding carboxylic acids is 3. The number of carbonyl (C=O) groups is 3. The van der Waals surface area contributed by atoms with Crippen molar-refractivity contribution in [2.75, 3.05) is 6.54 Å². The van der Waals surface area contributed by atoms with Gasteiger partial charge in [0.05, 0.1) is 28.2 Å². The lowest BCUT2D eigenvalue weighted by molar-refractivity contribution is -0.145. The van der Waals surface area contributed by atoms with Gasteiger partial charge in [-0.15, -0.1) is 11.3 Å². The molecule has 0 spiro atoms. The van der Waals surface area contributed by atoms with E-state index < -0.39 is 41.1 Å². The van der Waals surface area contributed by atoms with Crippen LogP contribution < -0.4 is 10.6 Å². The summed E-state index contributed by atoms with van der Waals surface area (Å²) in [6.45, 7) is 11.5. The van der Waals surface area contributed by atoms with Crippen LogP contribution in [0.5, 0.6) is 0 Å². The average Bonchev–Trinajstić information content (AvgIpc) is 3.28. The molecule has 0 bridgehead atoms. The van der Waals surface area contributed by atoms with Crippen LogP contribution in [0.1, 0.15) is 77.6 Å². The molecule has 1 saturated heterocycles. The van der Waals surface area contributed by atoms with Crippen molar-refractivity contribution in [1.82, 2.24) is 20.5 Å². The van der Waals surface area contributed by atoms with E-state index in [0.717, 1.165) is 21.7 Å². The summed E-state index contributed by atoms with van der Waals surface area (Å²) in [6.07, 6.45) is 0.178. The summed E-state index contributed by atoms with van der Waals surface area (Å²) >= 11 is 1.58. The van der Waals surface area contributed by atoms with Gasteiger partial charge in [0.1, 0.15) is 12.1 Å². The molecule has 2 aromatic rings. The van der Waals surface area contributed by atoms with Gasteiger partial charge < -0.3 is 20.6 Å². The van der Waals surface area contributed by atoms with Crippen LogP contribution in [0, 0.1) is 18.3 Å². The van der Waals surface area contributed by atoms with E-state index in [1.807, 2.05) is 36.7 Å². The van der Waals surface area contributed by atoms with Gasteiger partial charge in [-0.25, -0.2) is 9.37 Å². The maximum absolute atomic E-state index is 14.4. The Kier molecular flexibility index (Phi) is 8.71. The molecule has 4 rings (SSSR count). The lowest BCUT2D eigenvalue weighted by Crippen LogP contribution is -2.59. The van der Waals surface area contributed by atoms with Crippen molar-refractivity contribution in [3.05, 3.63) is 41.0 Å². The summed E-state index contributed by atoms with van der Waals surface area (Å²) in [6, 6.07) is 5.82. The zero-order valence-electron chi connectivity index (χ0n) is 24.2. The van der Waals surface area contributed by atoms with Gasteiger partial charge in [-0.05, 0) is 48.6 Å². The van der Waals surface area contributed by atoms with Crippen LogP contribution in [0.4, 0.5) is 4.39 Å². The molecule has 4 atom stereocenters. The fraction of sp³-hybridized carbons (Fsp3) is 0.600. The maximum atomic E-state index is 14.4. The molecule has 1 aliphatic heterocycles. The molecule has 1 aromatic heterocycles. The van der Waals surface area contributed by atoms with Gasteiger partial charge in [0.15, 0.2) is 5.67 Å². The number of nitrogens with one attached hydrogen (secondary N) is 2. The summed E-state index contributed by atoms with van der Waals surface area (Å²) in [5.74, 6) is -1.36. The van der Waals surface area contributed by atoms with Gasteiger partial charge in [-0.2, -0.15) is 0 Å². The number of amides is 3. The molecule has 2 heterocycles. The second kappa shape index (κ2) is 11.6. The van der Waals surface area contributed by atoms with Gasteiger partial charge in [0, 0.05) is 13.0 Å². The number of hydrogen-bond acceptors (Lipinski definition) is 6. The number of β-amino-alcohol motifs (C(OH)–C–C–N with tert-alkyl or cyclic N) is 1. The highest BCUT2D eigenvalue weighted by atomic mass is 32.1. The highest BCUT2D eigenvalue weighted by Crippen LogP contribution is 2.40. The fourth-order valence-electron chi connectivity index (χ4n) is 5.18. The number of likely N-dealkylation sites (tertiary alicyclic amines) is 1. The molecule has 10 heteroatoms. The number of aliphatic hydroxyl groups excluding tert-OH is 1. The lowest BCUT2D eigenvalue weighted by Gasteiger charge is -2.36. The van der Waals surface area contributed by atoms with Crippen molar-refractivity contribution in [2.24, 2.45) is 11.3 Å². The first-order valence-corrected chi connectivity index (χ1v) is 14.9. The van der Waals surface area contributed by atoms with Crippen LogP contribution in [0.25, 0.3) is 10.4 Å². The smallest absolute Gasteiger partial charge is 0.258 e. The molecule has 8 nitrogen and oxygen atoms in total. The number of alkyl halides is 1. The lowest BCUT2D eigenvalue weighted by atomic mass is 9.85. The highest BCUT2D eigenvalue weighted by molar-refractivity contribution is 7.13. The molecule has 1 saturated carbocycles. The molecule has 3 N–H and O–H groups in total. The minimum absolute atomic E-state index is 0.0299. The van der Waals surface area contributed by atoms with Crippen LogP contribution >= 0.6 is 11.3 Å². The summed E-state index contributed by atoms with van der Waals surface area (Å²) in [4.78, 5) is 46.7. The molecule has 3 amide bonds. The summed E-state index contributed by atoms with van der Waals surface area (Å²) in [5.41, 5.74) is 2.14. The van der Waals surface area contributed by atoms with Crippen molar-refractivity contribution in [2.45, 2.75) is 97.1 Å². The summed E-state index contributed by atoms with van der Waals surface area (Å²) in [7, 11) is 0. The standard InChI is InChI=1S/C30H41FN4O4S/c1-17(2)13-22(19-7-9-20(10-8-19)24-18(3)32-16-40-24)33-26(37)23-14-21(36)15-35(23)27(38)25(29(4,5)6)34-28(39)30(31)11-12-30/h7-10,16-17,21-23,25,36H,11-15H2,1-6H3,(H,33,37)(H,34,39)/t21-,22+,23?,25-/m1/s1. The number of hydrogen-bond donors (Lipinski definition) is 3. The van der Waals surface area contributed by atoms with Gasteiger partial charge in [0.25, 0.3) is 5.91 Å². The Labute approximate surface area is 239 Å². The molecule has 0 radical (unpaired) electrons. The molecule has 40 heavy (non-hydrogen) atoms. The van der Waals surface area contributed by atoms with E-state index in [2.05, 4.69) is 29.5 Å². The number of aliphatic hydroxyl groups is 1. The first-order valence-electron chi connectivity index (χ1n) is 14.0. The molecular formula is C30H41FN4O4S. The second-order valence-electron chi connectivity index (χ2n) is 12.7. The third kappa shape index (κ3) is 6.71. The van der Waals surface area contributed by atoms with Gasteiger partial charge in [-0.1, -0.05) is 58.9 Å². The second-order valence-corrected chi connectivity index (χ2v) is 13.6. The van der Waals surface area contributed by atoms with Crippen molar-refractivity contribution in [3.8, 4) is 10.4 Å². The Balaban J connectivity index is 1.53. The first-order chi connectivity index (χ1) is 18.7. The zero-order valence-corrected chi connectivity index (χ0v) is 25.0. The van der Waals surface area contributed by atoms with Crippen molar-refractivity contribution < 1.29 is 23.9 Å². The Hall–Kier alpha value is -2.85. The molecule has 1 unspecified atom stereocenters. The molecule has 218 valence electrons. The van der Waals surface area contributed by atoms with Gasteiger partial charge in [0.2, 0.25) is 11.8 Å². The molecule has 2 aliphatic rings. The topological polar surface area (TPSA) is 112 Å². The average molecular weight is 573 g/mol. The van der Waals surface area contributed by atoms with E-state index in [9.17, 15) is 23.9 Å². The van der Waals surface area contributed by atoms with E-state index in [4.69, 9.17) is 0 Å². The number of thiazole rings is 1. The molecule has 1 aliphatic carbocycles. The van der Waals surface area contributed by atoms with Gasteiger partial charge in [-0.3, -0.25) is 14.4 Å². The quantitative estimate of drug-likeness (QED) is 0.415. The van der Waals surface area contributed by atoms with Crippen molar-refractivity contribution in [3.63, 3.8) is 0 Å². The monoisotopic (exact) mass is 572 g/mol. The summed E-state index contributed by atoms with van der Waals surface area (Å²) in [5, 5.41) is 16.2. The van der Waals surface area contributed by atoms with Crippen LogP contribution in [0.2, 0.25) is 0 Å². The van der Waals surface area contributed by atoms with E-state index in [1.54, 1.807) is 32.1 Å². The molecular weight excluding hydrogens is 531 g/mol. The summed E-state index contributed by atoms with van der Waals surface area (Å²) < 4.78 is 14.4. The van der Waals surface area contributed by atoms with E-state index in [-0.39, 0.29) is 43.7 Å². The molecule has 1 aromatic carbocycles. The third-order valence-corrected chi connectivity index (χ3v) is 8.67. The van der Waals surface area contributed by atoms with Crippen molar-refractivity contribution >= 4 is 29.1 Å². The number of benzene rings is 1. The first kappa shape index (κ1) is 30.1. The largest absolute Gasteiger partial charge is 0.391 e. The third-order valence-electron chi connectivity index (χ3n) is 7.69. The Bertz CT molecular complexity index is 1240. The predicted molar refractivity (Wildman–Crippen MR) is 153 cm³/mol. The highest BCUT2D eigenvalue weighted by Gasteiger charge is 2.53. The minimum Gasteiger partial charge on any atom is -0.391 e. The van der Waals surface area contributed by atoms with E-state index >= 15 is 0 Å². The Morgan fingerprint density at radius 2 is 1.82 bits per heavy atom. The van der Waals surface area contributed by atoms with Crippen LogP contribution in [-0.2, 0) is 14.4 Å².